The van der Waals surface area contributed by atoms with Gasteiger partial charge in [-0.2, -0.15) is 5.26 Å². The summed E-state index contributed by atoms with van der Waals surface area (Å²) in [6.07, 6.45) is 3.28. The second kappa shape index (κ2) is 8.40. The summed E-state index contributed by atoms with van der Waals surface area (Å²) in [5.41, 5.74) is 0.539. The molecule has 1 unspecified atom stereocenters. The van der Waals surface area contributed by atoms with Crippen LogP contribution in [0, 0.1) is 17.2 Å². The fourth-order valence-corrected chi connectivity index (χ4v) is 3.34. The van der Waals surface area contributed by atoms with Gasteiger partial charge in [-0.3, -0.25) is 14.5 Å². The lowest BCUT2D eigenvalue weighted by molar-refractivity contribution is -0.140. The lowest BCUT2D eigenvalue weighted by Crippen LogP contribution is -2.56. The van der Waals surface area contributed by atoms with Gasteiger partial charge in [-0.15, -0.1) is 0 Å². The van der Waals surface area contributed by atoms with Crippen LogP contribution >= 0.6 is 0 Å². The van der Waals surface area contributed by atoms with Gasteiger partial charge in [0.1, 0.15) is 5.75 Å². The van der Waals surface area contributed by atoms with E-state index in [1.165, 1.54) is 12.8 Å². The summed E-state index contributed by atoms with van der Waals surface area (Å²) in [6, 6.07) is 8.95. The first-order valence-corrected chi connectivity index (χ1v) is 9.37. The van der Waals surface area contributed by atoms with Crippen LogP contribution in [0.15, 0.2) is 24.3 Å². The SMILES string of the molecule is CC(Oc1ccc(C#N)cc1)C(=O)NC1CC(N(CC(=O)O)CC2CC2)C1. The highest BCUT2D eigenvalue weighted by molar-refractivity contribution is 5.81. The third-order valence-electron chi connectivity index (χ3n) is 5.17. The van der Waals surface area contributed by atoms with E-state index in [1.54, 1.807) is 31.2 Å². The number of amides is 1. The summed E-state index contributed by atoms with van der Waals surface area (Å²) in [4.78, 5) is 25.4. The molecule has 0 bridgehead atoms. The summed E-state index contributed by atoms with van der Waals surface area (Å²) in [6.45, 7) is 2.60. The minimum atomic E-state index is -0.799. The molecule has 7 heteroatoms. The first-order chi connectivity index (χ1) is 12.9. The molecule has 27 heavy (non-hydrogen) atoms. The normalized spacial score (nSPS) is 22.4. The first kappa shape index (κ1) is 19.2. The number of nitrogens with one attached hydrogen (secondary N) is 1. The molecule has 0 saturated heterocycles. The largest absolute Gasteiger partial charge is 0.481 e. The Morgan fingerprint density at radius 2 is 2.00 bits per heavy atom. The predicted octanol–water partition coefficient (Wildman–Crippen LogP) is 1.77. The molecule has 0 radical (unpaired) electrons. The third kappa shape index (κ3) is 5.44. The molecular formula is C20H25N3O4. The van der Waals surface area contributed by atoms with Crippen molar-refractivity contribution in [3.63, 3.8) is 0 Å². The molecule has 2 N–H and O–H groups in total. The Morgan fingerprint density at radius 3 is 2.56 bits per heavy atom. The van der Waals surface area contributed by atoms with Gasteiger partial charge in [0.05, 0.1) is 18.2 Å². The van der Waals surface area contributed by atoms with Crippen molar-refractivity contribution in [2.24, 2.45) is 5.92 Å². The number of carboxylic acid groups (broad SMARTS) is 1. The number of carboxylic acids is 1. The van der Waals surface area contributed by atoms with Gasteiger partial charge in [0.25, 0.3) is 5.91 Å². The quantitative estimate of drug-likeness (QED) is 0.686. The summed E-state index contributed by atoms with van der Waals surface area (Å²) >= 11 is 0. The number of ether oxygens (including phenoxy) is 1. The number of nitrogens with zero attached hydrogens (tertiary/aromatic N) is 2. The average molecular weight is 371 g/mol. The monoisotopic (exact) mass is 371 g/mol. The second-order valence-corrected chi connectivity index (χ2v) is 7.49. The van der Waals surface area contributed by atoms with Crippen molar-refractivity contribution in [2.45, 2.75) is 50.8 Å². The standard InChI is InChI=1S/C20H25N3O4/c1-13(27-18-6-4-14(10-21)5-7-18)20(26)22-16-8-17(9-16)23(12-19(24)25)11-15-2-3-15/h4-7,13,15-17H,2-3,8-9,11-12H2,1H3,(H,22,26)(H,24,25). The number of hydrogen-bond acceptors (Lipinski definition) is 5. The Hall–Kier alpha value is -2.59. The maximum atomic E-state index is 12.3. The van der Waals surface area contributed by atoms with E-state index in [0.717, 1.165) is 19.4 Å². The zero-order valence-corrected chi connectivity index (χ0v) is 15.4. The first-order valence-electron chi connectivity index (χ1n) is 9.37. The average Bonchev–Trinajstić information content (AvgIpc) is 3.41. The van der Waals surface area contributed by atoms with Crippen molar-refractivity contribution in [1.82, 2.24) is 10.2 Å². The van der Waals surface area contributed by atoms with Crippen LogP contribution in [0.25, 0.3) is 0 Å². The van der Waals surface area contributed by atoms with Crippen LogP contribution in [0.2, 0.25) is 0 Å². The molecule has 144 valence electrons. The molecule has 0 spiro atoms. The molecule has 2 saturated carbocycles. The van der Waals surface area contributed by atoms with Crippen molar-refractivity contribution < 1.29 is 19.4 Å². The van der Waals surface area contributed by atoms with E-state index in [4.69, 9.17) is 15.1 Å². The minimum absolute atomic E-state index is 0.0602. The fourth-order valence-electron chi connectivity index (χ4n) is 3.34. The highest BCUT2D eigenvalue weighted by Gasteiger charge is 2.38. The van der Waals surface area contributed by atoms with Gasteiger partial charge in [-0.25, -0.2) is 0 Å². The van der Waals surface area contributed by atoms with Crippen molar-refractivity contribution in [1.29, 1.82) is 5.26 Å². The second-order valence-electron chi connectivity index (χ2n) is 7.49. The van der Waals surface area contributed by atoms with Crippen LogP contribution in [-0.2, 0) is 9.59 Å². The van der Waals surface area contributed by atoms with Crippen LogP contribution < -0.4 is 10.1 Å². The number of rotatable bonds is 9. The molecule has 7 nitrogen and oxygen atoms in total. The van der Waals surface area contributed by atoms with Gasteiger partial charge < -0.3 is 15.2 Å². The van der Waals surface area contributed by atoms with Gasteiger partial charge in [-0.1, -0.05) is 0 Å². The molecule has 0 heterocycles. The lowest BCUT2D eigenvalue weighted by atomic mass is 9.85. The van der Waals surface area contributed by atoms with Crippen LogP contribution in [0.3, 0.4) is 0 Å². The molecule has 1 aromatic rings. The summed E-state index contributed by atoms with van der Waals surface area (Å²) in [7, 11) is 0. The molecular weight excluding hydrogens is 346 g/mol. The predicted molar refractivity (Wildman–Crippen MR) is 98.1 cm³/mol. The molecule has 1 amide bonds. The van der Waals surface area contributed by atoms with Gasteiger partial charge in [0.15, 0.2) is 6.10 Å². The Morgan fingerprint density at radius 1 is 1.33 bits per heavy atom. The van der Waals surface area contributed by atoms with Gasteiger partial charge in [0, 0.05) is 18.6 Å². The highest BCUT2D eigenvalue weighted by Crippen LogP contribution is 2.33. The summed E-state index contributed by atoms with van der Waals surface area (Å²) < 4.78 is 5.62. The van der Waals surface area contributed by atoms with Crippen LogP contribution in [0.5, 0.6) is 5.75 Å². The van der Waals surface area contributed by atoms with Crippen molar-refractivity contribution >= 4 is 11.9 Å². The van der Waals surface area contributed by atoms with E-state index in [9.17, 15) is 9.59 Å². The smallest absolute Gasteiger partial charge is 0.317 e. The third-order valence-corrected chi connectivity index (χ3v) is 5.17. The molecule has 2 aliphatic carbocycles. The van der Waals surface area contributed by atoms with Gasteiger partial charge >= 0.3 is 5.97 Å². The van der Waals surface area contributed by atoms with Crippen molar-refractivity contribution in [2.75, 3.05) is 13.1 Å². The summed E-state index contributed by atoms with van der Waals surface area (Å²) in [5.74, 6) is 0.196. The Labute approximate surface area is 158 Å². The zero-order chi connectivity index (χ0) is 19.4. The highest BCUT2D eigenvalue weighted by atomic mass is 16.5. The minimum Gasteiger partial charge on any atom is -0.481 e. The number of carbonyl (C=O) groups is 2. The molecule has 0 aliphatic heterocycles. The Bertz CT molecular complexity index is 718. The van der Waals surface area contributed by atoms with E-state index in [1.807, 2.05) is 11.0 Å². The molecule has 2 fully saturated rings. The maximum Gasteiger partial charge on any atom is 0.317 e. The fraction of sp³-hybridized carbons (Fsp3) is 0.550. The number of benzene rings is 1. The molecule has 2 aliphatic rings. The van der Waals surface area contributed by atoms with Crippen LogP contribution in [-0.4, -0.2) is 53.2 Å². The number of nitriles is 1. The van der Waals surface area contributed by atoms with E-state index in [2.05, 4.69) is 5.32 Å². The molecule has 1 atom stereocenters. The van der Waals surface area contributed by atoms with E-state index < -0.39 is 12.1 Å². The van der Waals surface area contributed by atoms with Crippen LogP contribution in [0.4, 0.5) is 0 Å². The molecule has 3 rings (SSSR count). The van der Waals surface area contributed by atoms with Crippen molar-refractivity contribution in [3.8, 4) is 11.8 Å². The number of carbonyl (C=O) groups excluding carboxylic acids is 1. The Kier molecular flexibility index (Phi) is 5.97. The number of aliphatic carboxylic acids is 1. The zero-order valence-electron chi connectivity index (χ0n) is 15.4. The van der Waals surface area contributed by atoms with E-state index in [-0.39, 0.29) is 24.5 Å². The molecule has 0 aromatic heterocycles. The van der Waals surface area contributed by atoms with Gasteiger partial charge in [0.2, 0.25) is 0 Å². The van der Waals surface area contributed by atoms with Gasteiger partial charge in [-0.05, 0) is 62.8 Å². The van der Waals surface area contributed by atoms with Crippen LogP contribution in [0.1, 0.15) is 38.2 Å². The van der Waals surface area contributed by atoms with E-state index >= 15 is 0 Å². The Balaban J connectivity index is 1.43. The lowest BCUT2D eigenvalue weighted by Gasteiger charge is -2.43. The topological polar surface area (TPSA) is 103 Å². The van der Waals surface area contributed by atoms with E-state index in [0.29, 0.717) is 17.2 Å². The number of hydrogen-bond donors (Lipinski definition) is 2. The van der Waals surface area contributed by atoms with Crippen molar-refractivity contribution in [3.05, 3.63) is 29.8 Å². The summed E-state index contributed by atoms with van der Waals surface area (Å²) in [5, 5.41) is 20.9. The molecule has 1 aromatic carbocycles. The maximum absolute atomic E-state index is 12.3.